The van der Waals surface area contributed by atoms with E-state index in [1.54, 1.807) is 24.4 Å². The predicted molar refractivity (Wildman–Crippen MR) is 92.7 cm³/mol. The molecule has 1 aliphatic heterocycles. The quantitative estimate of drug-likeness (QED) is 0.855. The lowest BCUT2D eigenvalue weighted by Crippen LogP contribution is -2.36. The standard InChI is InChI=1S/C18H19F2N3O3/c19-18(20)26-15-4-1-13(2-5-15)11-17(24)22-16-6-3-14(12-21-16)23-7-9-25-10-8-23/h1-6,12,18H,7-11H2,(H,21,22,24). The molecular weight excluding hydrogens is 344 g/mol. The number of hydrogen-bond acceptors (Lipinski definition) is 5. The molecule has 3 rings (SSSR count). The molecule has 1 saturated heterocycles. The number of benzene rings is 1. The first-order chi connectivity index (χ1) is 12.6. The molecule has 0 aliphatic carbocycles. The minimum absolute atomic E-state index is 0.0597. The van der Waals surface area contributed by atoms with Gasteiger partial charge in [-0.25, -0.2) is 4.98 Å². The lowest BCUT2D eigenvalue weighted by Gasteiger charge is -2.28. The van der Waals surface area contributed by atoms with Crippen molar-refractivity contribution in [3.8, 4) is 5.75 Å². The third-order valence-electron chi connectivity index (χ3n) is 3.90. The smallest absolute Gasteiger partial charge is 0.387 e. The summed E-state index contributed by atoms with van der Waals surface area (Å²) < 4.78 is 33.8. The van der Waals surface area contributed by atoms with E-state index in [2.05, 4.69) is 19.9 Å². The number of alkyl halides is 2. The summed E-state index contributed by atoms with van der Waals surface area (Å²) in [5.74, 6) is 0.286. The molecule has 0 spiro atoms. The number of carbonyl (C=O) groups excluding carboxylic acids is 1. The highest BCUT2D eigenvalue weighted by atomic mass is 19.3. The van der Waals surface area contributed by atoms with E-state index in [-0.39, 0.29) is 18.1 Å². The number of nitrogens with zero attached hydrogens (tertiary/aromatic N) is 2. The van der Waals surface area contributed by atoms with Crippen LogP contribution in [-0.2, 0) is 16.0 Å². The van der Waals surface area contributed by atoms with Gasteiger partial charge in [-0.3, -0.25) is 4.79 Å². The molecule has 138 valence electrons. The Bertz CT molecular complexity index is 717. The minimum Gasteiger partial charge on any atom is -0.435 e. The second kappa shape index (κ2) is 8.57. The molecule has 0 radical (unpaired) electrons. The number of ether oxygens (including phenoxy) is 2. The van der Waals surface area contributed by atoms with E-state index < -0.39 is 6.61 Å². The molecule has 1 fully saturated rings. The van der Waals surface area contributed by atoms with E-state index in [1.165, 1.54) is 12.1 Å². The Labute approximate surface area is 149 Å². The maximum absolute atomic E-state index is 12.1. The lowest BCUT2D eigenvalue weighted by atomic mass is 10.1. The van der Waals surface area contributed by atoms with Crippen LogP contribution < -0.4 is 15.0 Å². The summed E-state index contributed by atoms with van der Waals surface area (Å²) in [5.41, 5.74) is 1.68. The van der Waals surface area contributed by atoms with Gasteiger partial charge in [-0.15, -0.1) is 0 Å². The van der Waals surface area contributed by atoms with E-state index in [9.17, 15) is 13.6 Å². The third-order valence-corrected chi connectivity index (χ3v) is 3.90. The molecule has 0 unspecified atom stereocenters. The molecular formula is C18H19F2N3O3. The third kappa shape index (κ3) is 5.13. The number of morpholine rings is 1. The summed E-state index contributed by atoms with van der Waals surface area (Å²) in [6.45, 7) is 0.159. The van der Waals surface area contributed by atoms with Gasteiger partial charge in [-0.05, 0) is 29.8 Å². The zero-order valence-electron chi connectivity index (χ0n) is 14.0. The molecule has 1 N–H and O–H groups in total. The summed E-state index contributed by atoms with van der Waals surface area (Å²) in [6, 6.07) is 9.62. The van der Waals surface area contributed by atoms with Crippen molar-refractivity contribution >= 4 is 17.4 Å². The highest BCUT2D eigenvalue weighted by Gasteiger charge is 2.12. The normalized spacial score (nSPS) is 14.3. The Balaban J connectivity index is 1.52. The number of anilines is 2. The van der Waals surface area contributed by atoms with E-state index in [0.29, 0.717) is 24.6 Å². The molecule has 1 aromatic heterocycles. The molecule has 1 amide bonds. The summed E-state index contributed by atoms with van der Waals surface area (Å²) >= 11 is 0. The van der Waals surface area contributed by atoms with Crippen molar-refractivity contribution in [1.82, 2.24) is 4.98 Å². The average Bonchev–Trinajstić information content (AvgIpc) is 2.64. The first-order valence-electron chi connectivity index (χ1n) is 8.22. The number of aromatic nitrogens is 1. The van der Waals surface area contributed by atoms with Crippen LogP contribution in [0.5, 0.6) is 5.75 Å². The van der Waals surface area contributed by atoms with Crippen LogP contribution in [-0.4, -0.2) is 43.8 Å². The number of hydrogen-bond donors (Lipinski definition) is 1. The molecule has 0 bridgehead atoms. The van der Waals surface area contributed by atoms with Crippen molar-refractivity contribution in [1.29, 1.82) is 0 Å². The molecule has 1 aliphatic rings. The monoisotopic (exact) mass is 363 g/mol. The Kier molecular flexibility index (Phi) is 5.96. The molecule has 1 aromatic carbocycles. The van der Waals surface area contributed by atoms with Crippen LogP contribution in [0.2, 0.25) is 0 Å². The van der Waals surface area contributed by atoms with Gasteiger partial charge in [0.15, 0.2) is 0 Å². The van der Waals surface area contributed by atoms with Gasteiger partial charge < -0.3 is 19.7 Å². The van der Waals surface area contributed by atoms with Gasteiger partial charge in [-0.2, -0.15) is 8.78 Å². The molecule has 8 heteroatoms. The zero-order chi connectivity index (χ0) is 18.4. The second-order valence-electron chi connectivity index (χ2n) is 5.75. The minimum atomic E-state index is -2.87. The highest BCUT2D eigenvalue weighted by Crippen LogP contribution is 2.18. The number of halogens is 2. The predicted octanol–water partition coefficient (Wildman–Crippen LogP) is 2.70. The fraction of sp³-hybridized carbons (Fsp3) is 0.333. The SMILES string of the molecule is O=C(Cc1ccc(OC(F)F)cc1)Nc1ccc(N2CCOCC2)cn1. The van der Waals surface area contributed by atoms with Crippen molar-refractivity contribution < 1.29 is 23.0 Å². The Morgan fingerprint density at radius 2 is 1.92 bits per heavy atom. The maximum Gasteiger partial charge on any atom is 0.387 e. The van der Waals surface area contributed by atoms with Gasteiger partial charge >= 0.3 is 6.61 Å². The van der Waals surface area contributed by atoms with Crippen LogP contribution in [0.4, 0.5) is 20.3 Å². The van der Waals surface area contributed by atoms with Gasteiger partial charge in [-0.1, -0.05) is 12.1 Å². The van der Waals surface area contributed by atoms with Gasteiger partial charge in [0.25, 0.3) is 0 Å². The fourth-order valence-electron chi connectivity index (χ4n) is 2.63. The molecule has 2 heterocycles. The first kappa shape index (κ1) is 18.1. The molecule has 0 atom stereocenters. The Morgan fingerprint density at radius 1 is 1.19 bits per heavy atom. The largest absolute Gasteiger partial charge is 0.435 e. The number of amides is 1. The molecule has 0 saturated carbocycles. The van der Waals surface area contributed by atoms with E-state index >= 15 is 0 Å². The zero-order valence-corrected chi connectivity index (χ0v) is 14.0. The maximum atomic E-state index is 12.1. The molecule has 26 heavy (non-hydrogen) atoms. The van der Waals surface area contributed by atoms with Crippen LogP contribution in [0.25, 0.3) is 0 Å². The summed E-state index contributed by atoms with van der Waals surface area (Å²) in [4.78, 5) is 18.5. The topological polar surface area (TPSA) is 63.7 Å². The molecule has 6 nitrogen and oxygen atoms in total. The van der Waals surface area contributed by atoms with Gasteiger partial charge in [0.2, 0.25) is 5.91 Å². The van der Waals surface area contributed by atoms with Crippen LogP contribution in [0.3, 0.4) is 0 Å². The van der Waals surface area contributed by atoms with E-state index in [0.717, 1.165) is 18.8 Å². The summed E-state index contributed by atoms with van der Waals surface area (Å²) in [5, 5.41) is 2.72. The lowest BCUT2D eigenvalue weighted by molar-refractivity contribution is -0.115. The van der Waals surface area contributed by atoms with Crippen LogP contribution in [0.15, 0.2) is 42.6 Å². The van der Waals surface area contributed by atoms with Crippen molar-refractivity contribution in [3.05, 3.63) is 48.2 Å². The van der Waals surface area contributed by atoms with Crippen LogP contribution in [0, 0.1) is 0 Å². The van der Waals surface area contributed by atoms with Gasteiger partial charge in [0.1, 0.15) is 11.6 Å². The average molecular weight is 363 g/mol. The van der Waals surface area contributed by atoms with E-state index in [1.807, 2.05) is 6.07 Å². The molecule has 2 aromatic rings. The van der Waals surface area contributed by atoms with Crippen molar-refractivity contribution in [2.75, 3.05) is 36.5 Å². The fourth-order valence-corrected chi connectivity index (χ4v) is 2.63. The Morgan fingerprint density at radius 3 is 2.54 bits per heavy atom. The number of rotatable bonds is 6. The number of carbonyl (C=O) groups is 1. The van der Waals surface area contributed by atoms with Crippen molar-refractivity contribution in [2.24, 2.45) is 0 Å². The van der Waals surface area contributed by atoms with Gasteiger partial charge in [0.05, 0.1) is 31.5 Å². The number of nitrogens with one attached hydrogen (secondary N) is 1. The van der Waals surface area contributed by atoms with Crippen LogP contribution in [0.1, 0.15) is 5.56 Å². The van der Waals surface area contributed by atoms with Gasteiger partial charge in [0, 0.05) is 13.1 Å². The van der Waals surface area contributed by atoms with Crippen molar-refractivity contribution in [2.45, 2.75) is 13.0 Å². The first-order valence-corrected chi connectivity index (χ1v) is 8.22. The highest BCUT2D eigenvalue weighted by molar-refractivity contribution is 5.91. The summed E-state index contributed by atoms with van der Waals surface area (Å²) in [6.07, 6.45) is 1.83. The second-order valence-corrected chi connectivity index (χ2v) is 5.75. The van der Waals surface area contributed by atoms with E-state index in [4.69, 9.17) is 4.74 Å². The number of pyridine rings is 1. The van der Waals surface area contributed by atoms with Crippen LogP contribution >= 0.6 is 0 Å². The summed E-state index contributed by atoms with van der Waals surface area (Å²) in [7, 11) is 0. The van der Waals surface area contributed by atoms with Crippen molar-refractivity contribution in [3.63, 3.8) is 0 Å². The Hall–Kier alpha value is -2.74.